The average Bonchev–Trinajstić information content (AvgIpc) is 2.95. The summed E-state index contributed by atoms with van der Waals surface area (Å²) in [4.78, 5) is 44.9. The van der Waals surface area contributed by atoms with Crippen LogP contribution in [0.3, 0.4) is 0 Å². The molecule has 1 saturated heterocycles. The van der Waals surface area contributed by atoms with E-state index < -0.39 is 5.97 Å². The molecule has 2 aromatic heterocycles. The van der Waals surface area contributed by atoms with E-state index in [1.165, 1.54) is 10.9 Å². The van der Waals surface area contributed by atoms with Crippen molar-refractivity contribution in [1.29, 1.82) is 0 Å². The number of nitrogens with zero attached hydrogens (tertiary/aromatic N) is 3. The zero-order valence-electron chi connectivity index (χ0n) is 16.2. The summed E-state index contributed by atoms with van der Waals surface area (Å²) < 4.78 is 6.39. The van der Waals surface area contributed by atoms with E-state index in [1.807, 2.05) is 18.7 Å². The summed E-state index contributed by atoms with van der Waals surface area (Å²) in [7, 11) is 0. The third-order valence-corrected chi connectivity index (χ3v) is 6.35. The SMILES string of the molecule is CCOC(=O)c1sc2ncn(CC(=O)N3C(C)CCCC3C)c(=O)c2c1C. The molecule has 1 amide bonds. The van der Waals surface area contributed by atoms with Gasteiger partial charge in [-0.1, -0.05) is 0 Å². The zero-order chi connectivity index (χ0) is 19.7. The van der Waals surface area contributed by atoms with E-state index in [0.717, 1.165) is 30.6 Å². The van der Waals surface area contributed by atoms with Crippen LogP contribution in [0.5, 0.6) is 0 Å². The molecule has 0 spiro atoms. The van der Waals surface area contributed by atoms with Gasteiger partial charge in [0.15, 0.2) is 0 Å². The number of hydrogen-bond acceptors (Lipinski definition) is 6. The van der Waals surface area contributed by atoms with Gasteiger partial charge in [0.05, 0.1) is 18.3 Å². The fourth-order valence-electron chi connectivity index (χ4n) is 3.80. The van der Waals surface area contributed by atoms with Gasteiger partial charge in [0, 0.05) is 12.1 Å². The highest BCUT2D eigenvalue weighted by molar-refractivity contribution is 7.20. The van der Waals surface area contributed by atoms with E-state index in [4.69, 9.17) is 4.74 Å². The summed E-state index contributed by atoms with van der Waals surface area (Å²) >= 11 is 1.15. The van der Waals surface area contributed by atoms with E-state index in [9.17, 15) is 14.4 Å². The van der Waals surface area contributed by atoms with E-state index in [2.05, 4.69) is 4.98 Å². The molecule has 3 heterocycles. The van der Waals surface area contributed by atoms with Crippen LogP contribution in [0.2, 0.25) is 0 Å². The van der Waals surface area contributed by atoms with Gasteiger partial charge in [-0.25, -0.2) is 9.78 Å². The Labute approximate surface area is 161 Å². The molecule has 0 N–H and O–H groups in total. The maximum Gasteiger partial charge on any atom is 0.348 e. The highest BCUT2D eigenvalue weighted by atomic mass is 32.1. The summed E-state index contributed by atoms with van der Waals surface area (Å²) in [5, 5.41) is 0.387. The number of carbonyl (C=O) groups excluding carboxylic acids is 2. The van der Waals surface area contributed by atoms with Crippen molar-refractivity contribution in [3.05, 3.63) is 27.1 Å². The third kappa shape index (κ3) is 3.63. The summed E-state index contributed by atoms with van der Waals surface area (Å²) in [6, 6.07) is 0.346. The molecule has 7 nitrogen and oxygen atoms in total. The zero-order valence-corrected chi connectivity index (χ0v) is 17.0. The van der Waals surface area contributed by atoms with Crippen molar-refractivity contribution in [2.45, 2.75) is 65.6 Å². The number of hydrogen-bond donors (Lipinski definition) is 0. The van der Waals surface area contributed by atoms with E-state index in [1.54, 1.807) is 13.8 Å². The predicted molar refractivity (Wildman–Crippen MR) is 104 cm³/mol. The second-order valence-electron chi connectivity index (χ2n) is 7.06. The second kappa shape index (κ2) is 7.80. The van der Waals surface area contributed by atoms with Crippen LogP contribution < -0.4 is 5.56 Å². The minimum atomic E-state index is -0.448. The Morgan fingerprint density at radius 3 is 2.59 bits per heavy atom. The van der Waals surface area contributed by atoms with Crippen LogP contribution in [0.1, 0.15) is 55.3 Å². The number of rotatable bonds is 4. The number of amides is 1. The monoisotopic (exact) mass is 391 g/mol. The van der Waals surface area contributed by atoms with Crippen LogP contribution in [0, 0.1) is 6.92 Å². The van der Waals surface area contributed by atoms with Gasteiger partial charge < -0.3 is 9.64 Å². The molecule has 8 heteroatoms. The summed E-state index contributed by atoms with van der Waals surface area (Å²) in [5.74, 6) is -0.521. The molecule has 0 bridgehead atoms. The highest BCUT2D eigenvalue weighted by Crippen LogP contribution is 2.27. The van der Waals surface area contributed by atoms with Crippen molar-refractivity contribution >= 4 is 33.4 Å². The lowest BCUT2D eigenvalue weighted by Crippen LogP contribution is -2.49. The number of piperidine rings is 1. The van der Waals surface area contributed by atoms with Crippen LogP contribution >= 0.6 is 11.3 Å². The fourth-order valence-corrected chi connectivity index (χ4v) is 4.84. The third-order valence-electron chi connectivity index (χ3n) is 5.17. The van der Waals surface area contributed by atoms with Gasteiger partial charge in [-0.2, -0.15) is 0 Å². The first kappa shape index (κ1) is 19.5. The fraction of sp³-hybridized carbons (Fsp3) is 0.579. The molecule has 3 rings (SSSR count). The highest BCUT2D eigenvalue weighted by Gasteiger charge is 2.29. The van der Waals surface area contributed by atoms with Gasteiger partial charge in [-0.15, -0.1) is 11.3 Å². The lowest BCUT2D eigenvalue weighted by atomic mass is 9.97. The van der Waals surface area contributed by atoms with Gasteiger partial charge in [0.2, 0.25) is 5.91 Å². The lowest BCUT2D eigenvalue weighted by Gasteiger charge is -2.39. The Bertz CT molecular complexity index is 923. The van der Waals surface area contributed by atoms with E-state index in [0.29, 0.717) is 20.7 Å². The average molecular weight is 391 g/mol. The number of likely N-dealkylation sites (tertiary alicyclic amines) is 1. The Balaban J connectivity index is 1.93. The van der Waals surface area contributed by atoms with E-state index in [-0.39, 0.29) is 36.7 Å². The van der Waals surface area contributed by atoms with E-state index >= 15 is 0 Å². The number of aryl methyl sites for hydroxylation is 1. The number of fused-ring (bicyclic) bond motifs is 1. The maximum atomic E-state index is 12.9. The molecule has 0 aromatic carbocycles. The molecule has 146 valence electrons. The summed E-state index contributed by atoms with van der Waals surface area (Å²) in [5.41, 5.74) is 0.266. The minimum absolute atomic E-state index is 0.0412. The van der Waals surface area contributed by atoms with Crippen molar-refractivity contribution in [2.24, 2.45) is 0 Å². The number of ether oxygens (including phenoxy) is 1. The van der Waals surface area contributed by atoms with Gasteiger partial charge in [0.25, 0.3) is 5.56 Å². The predicted octanol–water partition coefficient (Wildman–Crippen LogP) is 2.73. The molecular weight excluding hydrogens is 366 g/mol. The molecule has 2 aromatic rings. The Hall–Kier alpha value is -2.22. The number of esters is 1. The molecule has 1 fully saturated rings. The molecular formula is C19H25N3O4S. The molecule has 1 aliphatic heterocycles. The quantitative estimate of drug-likeness (QED) is 0.749. The standard InChI is InChI=1S/C19H25N3O4S/c1-5-26-19(25)16-13(4)15-17(27-16)20-10-21(18(15)24)9-14(23)22-11(2)7-6-8-12(22)3/h10-12H,5-9H2,1-4H3. The minimum Gasteiger partial charge on any atom is -0.462 e. The Kier molecular flexibility index (Phi) is 5.64. The van der Waals surface area contributed by atoms with Gasteiger partial charge in [-0.3, -0.25) is 14.2 Å². The maximum absolute atomic E-state index is 12.9. The van der Waals surface area contributed by atoms with Crippen molar-refractivity contribution < 1.29 is 14.3 Å². The summed E-state index contributed by atoms with van der Waals surface area (Å²) in [6.07, 6.45) is 4.47. The normalized spacial score (nSPS) is 20.1. The molecule has 1 aliphatic rings. The van der Waals surface area contributed by atoms with Crippen molar-refractivity contribution in [3.8, 4) is 0 Å². The first-order chi connectivity index (χ1) is 12.8. The first-order valence-corrected chi connectivity index (χ1v) is 10.1. The van der Waals surface area contributed by atoms with Crippen LogP contribution in [0.15, 0.2) is 11.1 Å². The molecule has 0 saturated carbocycles. The van der Waals surface area contributed by atoms with Crippen molar-refractivity contribution in [2.75, 3.05) is 6.61 Å². The van der Waals surface area contributed by atoms with Gasteiger partial charge >= 0.3 is 5.97 Å². The van der Waals surface area contributed by atoms with Crippen molar-refractivity contribution in [3.63, 3.8) is 0 Å². The second-order valence-corrected chi connectivity index (χ2v) is 8.06. The summed E-state index contributed by atoms with van der Waals surface area (Å²) in [6.45, 7) is 7.78. The number of thiophene rings is 1. The van der Waals surface area contributed by atoms with Crippen molar-refractivity contribution in [1.82, 2.24) is 14.5 Å². The lowest BCUT2D eigenvalue weighted by molar-refractivity contribution is -0.138. The first-order valence-electron chi connectivity index (χ1n) is 9.32. The van der Waals surface area contributed by atoms with Gasteiger partial charge in [0.1, 0.15) is 16.3 Å². The van der Waals surface area contributed by atoms with Gasteiger partial charge in [-0.05, 0) is 52.5 Å². The van der Waals surface area contributed by atoms with Crippen LogP contribution in [0.4, 0.5) is 0 Å². The number of aromatic nitrogens is 2. The number of carbonyl (C=O) groups is 2. The van der Waals surface area contributed by atoms with Crippen LogP contribution in [0.25, 0.3) is 10.2 Å². The largest absolute Gasteiger partial charge is 0.462 e. The Morgan fingerprint density at radius 2 is 1.96 bits per heavy atom. The molecule has 0 radical (unpaired) electrons. The smallest absolute Gasteiger partial charge is 0.348 e. The Morgan fingerprint density at radius 1 is 1.30 bits per heavy atom. The molecule has 2 unspecified atom stereocenters. The van der Waals surface area contributed by atoms with Crippen LogP contribution in [-0.4, -0.2) is 45.0 Å². The topological polar surface area (TPSA) is 81.5 Å². The van der Waals surface area contributed by atoms with Crippen LogP contribution in [-0.2, 0) is 16.1 Å². The molecule has 0 aliphatic carbocycles. The molecule has 27 heavy (non-hydrogen) atoms. The molecule has 2 atom stereocenters.